The average Bonchev–Trinajstić information content (AvgIpc) is 0.728. The van der Waals surface area contributed by atoms with E-state index < -0.39 is 132 Å². The number of ketones is 3. The monoisotopic (exact) mass is 2020 g/mol. The lowest BCUT2D eigenvalue weighted by molar-refractivity contribution is -0.133. The summed E-state index contributed by atoms with van der Waals surface area (Å²) in [5.74, 6) is -3.10. The number of nitrogens with zero attached hydrogens (tertiary/aromatic N) is 6. The molecular formula is C105H104Cl4N6O15S6. The van der Waals surface area contributed by atoms with Crippen molar-refractivity contribution in [3.63, 3.8) is 0 Å². The second-order valence-corrected chi connectivity index (χ2v) is 49.0. The summed E-state index contributed by atoms with van der Waals surface area (Å²) in [4.78, 5) is 42.8. The quantitative estimate of drug-likeness (QED) is 0.0727. The minimum absolute atomic E-state index is 0.0562. The molecule has 0 saturated carbocycles. The number of carbonyl (C=O) groups is 3. The number of piperidine rings is 6. The fraction of sp³-hybridized carbons (Fsp3) is 0.286. The Balaban J connectivity index is 0.000000148. The number of halogens is 4. The van der Waals surface area contributed by atoms with E-state index >= 15 is 0 Å². The molecule has 0 bridgehead atoms. The Morgan fingerprint density at radius 1 is 0.265 bits per heavy atom. The topological polar surface area (TPSA) is 275 Å². The maximum atomic E-state index is 14.7. The van der Waals surface area contributed by atoms with Crippen LogP contribution >= 0.6 is 46.4 Å². The fourth-order valence-corrected chi connectivity index (χ4v) is 31.2. The van der Waals surface area contributed by atoms with Crippen molar-refractivity contribution in [2.75, 3.05) is 19.6 Å². The van der Waals surface area contributed by atoms with Gasteiger partial charge in [0.25, 0.3) is 0 Å². The summed E-state index contributed by atoms with van der Waals surface area (Å²) in [5.41, 5.74) is 11.4. The Morgan fingerprint density at radius 2 is 0.522 bits per heavy atom. The molecule has 0 aromatic heterocycles. The summed E-state index contributed by atoms with van der Waals surface area (Å²) >= 11 is 25.0. The molecule has 12 atom stereocenters. The maximum absolute atomic E-state index is 14.7. The highest BCUT2D eigenvalue weighted by atomic mass is 35.5. The molecule has 6 aliphatic heterocycles. The van der Waals surface area contributed by atoms with E-state index in [4.69, 9.17) is 46.4 Å². The maximum Gasteiger partial charge on any atom is 0.244 e. The third-order valence-electron chi connectivity index (χ3n) is 27.2. The summed E-state index contributed by atoms with van der Waals surface area (Å²) in [5, 5.41) is 1.91. The van der Waals surface area contributed by atoms with Crippen molar-refractivity contribution in [2.24, 2.45) is 17.8 Å². The van der Waals surface area contributed by atoms with Crippen LogP contribution in [-0.4, -0.2) is 131 Å². The molecule has 6 saturated heterocycles. The normalized spacial score (nSPS) is 23.0. The Bertz CT molecular complexity index is 7210. The van der Waals surface area contributed by atoms with Crippen molar-refractivity contribution >= 4 is 124 Å². The van der Waals surface area contributed by atoms with Gasteiger partial charge in [-0.15, -0.1) is 0 Å². The molecule has 0 radical (unpaired) electrons. The molecule has 18 rings (SSSR count). The van der Waals surface area contributed by atoms with Crippen molar-refractivity contribution < 1.29 is 64.9 Å². The number of rotatable bonds is 19. The van der Waals surface area contributed by atoms with Crippen molar-refractivity contribution in [1.29, 1.82) is 0 Å². The first-order valence-corrected chi connectivity index (χ1v) is 55.1. The van der Waals surface area contributed by atoms with E-state index in [2.05, 4.69) is 0 Å². The zero-order valence-corrected chi connectivity index (χ0v) is 83.9. The smallest absolute Gasteiger partial charge is 0.244 e. The van der Waals surface area contributed by atoms with Crippen LogP contribution in [0.15, 0.2) is 321 Å². The van der Waals surface area contributed by atoms with Crippen LogP contribution in [0.1, 0.15) is 160 Å². The molecule has 6 heterocycles. The van der Waals surface area contributed by atoms with Gasteiger partial charge in [-0.05, 0) is 234 Å². The van der Waals surface area contributed by atoms with Crippen LogP contribution in [0, 0.1) is 66.2 Å². The molecule has 0 unspecified atom stereocenters. The molecule has 6 fully saturated rings. The van der Waals surface area contributed by atoms with Gasteiger partial charge in [0, 0.05) is 94.9 Å². The first kappa shape index (κ1) is 99.3. The number of carbonyl (C=O) groups excluding carboxylic acids is 3. The molecule has 31 heteroatoms. The number of sulfonamides is 6. The van der Waals surface area contributed by atoms with Crippen LogP contribution in [0.2, 0.25) is 20.1 Å². The molecule has 12 aromatic rings. The molecular weight excluding hydrogens is 1920 g/mol. The number of Topliss-reactive ketones (excluding diaryl/α,β-unsaturated/α-hetero) is 3. The van der Waals surface area contributed by atoms with Crippen LogP contribution < -0.4 is 0 Å². The van der Waals surface area contributed by atoms with Gasteiger partial charge in [0.05, 0.1) is 65.6 Å². The number of hydrogen-bond donors (Lipinski definition) is 0. The fourth-order valence-electron chi connectivity index (χ4n) is 19.9. The van der Waals surface area contributed by atoms with Crippen molar-refractivity contribution in [1.82, 2.24) is 25.8 Å². The summed E-state index contributed by atoms with van der Waals surface area (Å²) in [7, 11) is -24.6. The number of benzene rings is 12. The van der Waals surface area contributed by atoms with Gasteiger partial charge in [-0.3, -0.25) is 14.4 Å². The SMILES string of the molecule is CCc1ccc([C@@H]2C[C@H]3[C@@H](CN2S(=O)(=O)c2ccc(C)cc2)C(=O)C[C@@H](c2ccc(Cl)cc2)N3S(=O)(=O)c2ccccc2C)cc1.Cc1ccc(S(=O)(=O)N2C[C@H]3C(=O)C[C@@H](c4cccc(Cl)c4)N(S(=O)(=O)c4ccc(C)cc4)[C@H]3C[C@H]2c2ccc(Cl)cc2)cc1.Cc1ccc([C@@H]2CC(=O)[C@@H]3CN(S(=O)(=O)c4ccc(C)cc4)[C@H](c4ccc(Cl)cc4)C[C@@H]3N2S(=O)(=O)c2ccc(C)cc2)cc1. The predicted octanol–water partition coefficient (Wildman–Crippen LogP) is 21.0. The summed E-state index contributed by atoms with van der Waals surface area (Å²) in [6.07, 6.45) is 0.836. The largest absolute Gasteiger partial charge is 0.299 e. The minimum atomic E-state index is -4.16. The zero-order chi connectivity index (χ0) is 97.0. The van der Waals surface area contributed by atoms with E-state index in [0.717, 1.165) is 56.5 Å². The van der Waals surface area contributed by atoms with E-state index in [1.54, 1.807) is 250 Å². The van der Waals surface area contributed by atoms with Gasteiger partial charge in [-0.2, -0.15) is 25.8 Å². The molecule has 136 heavy (non-hydrogen) atoms. The Morgan fingerprint density at radius 3 is 0.816 bits per heavy atom. The predicted molar refractivity (Wildman–Crippen MR) is 530 cm³/mol. The van der Waals surface area contributed by atoms with Gasteiger partial charge in [-0.25, -0.2) is 50.5 Å². The molecule has 12 aromatic carbocycles. The second-order valence-electron chi connectivity index (χ2n) is 36.1. The van der Waals surface area contributed by atoms with Crippen LogP contribution in [0.3, 0.4) is 0 Å². The third-order valence-corrected chi connectivity index (χ3v) is 39.9. The van der Waals surface area contributed by atoms with Crippen molar-refractivity contribution in [3.05, 3.63) is 389 Å². The third kappa shape index (κ3) is 20.3. The molecule has 708 valence electrons. The summed E-state index contributed by atoms with van der Waals surface area (Å²) in [6.45, 7) is 14.7. The standard InChI is InChI=1S/C36H37ClN2O5S2.C35H35ClN2O5S2.C34H32Cl2N2O5S2/c1-4-26-11-13-27(14-12-26)32-21-34-31(23-38(32)45(41,42)30-19-9-24(2)10-20-30)35(40)22-33(28-15-17-29(37)18-16-28)39(34)46(43,44)36-8-6-5-7-25(36)3;1-23-4-10-27(11-5-23)33-21-35(39)31-22-37(44(40,41)29-16-6-24(2)7-17-29)32(26-12-14-28(36)15-13-26)20-34(31)38(33)45(42,43)30-18-8-25(3)9-19-30;1-22-6-14-28(15-7-22)44(40,41)37-21-30-33(19-31(37)24-10-12-26(35)13-11-24)38(45(42,43)29-16-8-23(2)9-17-29)32(20-34(30)39)25-4-3-5-27(36)18-25/h5-20,31-34H,4,21-23H2,1-3H3;4-19,31-34H,20-22H2,1-3H3;3-18,30-33H,19-21H2,1-2H3/t2*31-,32+,33+,34+;30-,31+,32+,33+/m111/s1. The average molecular weight is 2020 g/mol. The van der Waals surface area contributed by atoms with E-state index in [1.807, 2.05) is 97.0 Å². The molecule has 0 spiro atoms. The first-order chi connectivity index (χ1) is 64.6. The molecule has 6 aliphatic rings. The van der Waals surface area contributed by atoms with Gasteiger partial charge in [0.15, 0.2) is 0 Å². The first-order valence-electron chi connectivity index (χ1n) is 44.9. The molecule has 0 amide bonds. The van der Waals surface area contributed by atoms with Crippen molar-refractivity contribution in [3.8, 4) is 0 Å². The lowest BCUT2D eigenvalue weighted by atomic mass is 9.77. The number of fused-ring (bicyclic) bond motifs is 3. The van der Waals surface area contributed by atoms with E-state index in [0.29, 0.717) is 47.9 Å². The number of aryl methyl sites for hydroxylation is 8. The Hall–Kier alpha value is -9.73. The van der Waals surface area contributed by atoms with Gasteiger partial charge < -0.3 is 0 Å². The summed E-state index contributed by atoms with van der Waals surface area (Å²) in [6, 6.07) is 76.0. The van der Waals surface area contributed by atoms with E-state index in [9.17, 15) is 64.9 Å². The zero-order valence-electron chi connectivity index (χ0n) is 76.0. The van der Waals surface area contributed by atoms with Crippen molar-refractivity contribution in [2.45, 2.75) is 184 Å². The van der Waals surface area contributed by atoms with Crippen LogP contribution in [-0.2, 0) is 80.9 Å². The lowest BCUT2D eigenvalue weighted by Crippen LogP contribution is -2.61. The lowest BCUT2D eigenvalue weighted by Gasteiger charge is -2.51. The van der Waals surface area contributed by atoms with Crippen LogP contribution in [0.25, 0.3) is 0 Å². The Kier molecular flexibility index (Phi) is 29.4. The van der Waals surface area contributed by atoms with E-state index in [-0.39, 0.29) is 105 Å². The van der Waals surface area contributed by atoms with Gasteiger partial charge in [0.1, 0.15) is 17.3 Å². The van der Waals surface area contributed by atoms with E-state index in [1.165, 1.54) is 25.8 Å². The highest BCUT2D eigenvalue weighted by Gasteiger charge is 2.59. The molecule has 21 nitrogen and oxygen atoms in total. The Labute approximate surface area is 818 Å². The van der Waals surface area contributed by atoms with Crippen LogP contribution in [0.5, 0.6) is 0 Å². The summed E-state index contributed by atoms with van der Waals surface area (Å²) < 4.78 is 182. The van der Waals surface area contributed by atoms with Gasteiger partial charge in [-0.1, -0.05) is 263 Å². The molecule has 0 N–H and O–H groups in total. The van der Waals surface area contributed by atoms with Gasteiger partial charge in [0.2, 0.25) is 60.1 Å². The number of hydrogen-bond acceptors (Lipinski definition) is 15. The highest BCUT2D eigenvalue weighted by molar-refractivity contribution is 7.90. The van der Waals surface area contributed by atoms with Crippen LogP contribution in [0.4, 0.5) is 0 Å². The molecule has 0 aliphatic carbocycles. The van der Waals surface area contributed by atoms with Gasteiger partial charge >= 0.3 is 0 Å². The highest BCUT2D eigenvalue weighted by Crippen LogP contribution is 2.54. The minimum Gasteiger partial charge on any atom is -0.299 e. The second kappa shape index (κ2) is 40.2.